The number of hydrogen-bond acceptors (Lipinski definition) is 5. The van der Waals surface area contributed by atoms with Crippen molar-refractivity contribution in [1.82, 2.24) is 5.06 Å². The highest BCUT2D eigenvalue weighted by molar-refractivity contribution is 7.54. The van der Waals surface area contributed by atoms with Crippen molar-refractivity contribution in [2.45, 2.75) is 32.2 Å². The van der Waals surface area contributed by atoms with Crippen LogP contribution in [0.1, 0.15) is 31.9 Å². The quantitative estimate of drug-likeness (QED) is 0.729. The van der Waals surface area contributed by atoms with E-state index in [1.54, 1.807) is 26.0 Å². The summed E-state index contributed by atoms with van der Waals surface area (Å²) >= 11 is 5.90. The van der Waals surface area contributed by atoms with Gasteiger partial charge in [0.05, 0.1) is 13.2 Å². The molecule has 118 valence electrons. The van der Waals surface area contributed by atoms with Crippen molar-refractivity contribution >= 4 is 19.2 Å². The van der Waals surface area contributed by atoms with Gasteiger partial charge in [0.2, 0.25) is 0 Å². The number of rotatable bonds is 6. The van der Waals surface area contributed by atoms with Gasteiger partial charge < -0.3 is 9.05 Å². The lowest BCUT2D eigenvalue weighted by atomic mass is 10.1. The van der Waals surface area contributed by atoms with Gasteiger partial charge in [0.25, 0.3) is 0 Å². The van der Waals surface area contributed by atoms with Gasteiger partial charge in [-0.2, -0.15) is 5.06 Å². The molecule has 1 heterocycles. The van der Waals surface area contributed by atoms with Gasteiger partial charge in [-0.05, 0) is 31.5 Å². The maximum Gasteiger partial charge on any atom is 0.350 e. The van der Waals surface area contributed by atoms with Gasteiger partial charge in [0.15, 0.2) is 0 Å². The monoisotopic (exact) mass is 333 g/mol. The Balaban J connectivity index is 2.16. The largest absolute Gasteiger partial charge is 0.350 e. The lowest BCUT2D eigenvalue weighted by Crippen LogP contribution is -2.25. The maximum atomic E-state index is 12.9. The van der Waals surface area contributed by atoms with Crippen molar-refractivity contribution in [3.05, 3.63) is 34.9 Å². The van der Waals surface area contributed by atoms with Crippen LogP contribution in [-0.2, 0) is 18.5 Å². The molecule has 7 heteroatoms. The standard InChI is InChI=1S/C14H21ClNO4P/c1-4-18-21(17,19-5-2)14-10-13(20-16(14)3)11-6-8-12(15)9-7-11/h6-9,13-14H,4-5,10H2,1-3H3/t13-,14+/m1/s1. The van der Waals surface area contributed by atoms with Crippen molar-refractivity contribution in [2.75, 3.05) is 20.3 Å². The van der Waals surface area contributed by atoms with Crippen LogP contribution in [0.4, 0.5) is 0 Å². The number of benzene rings is 1. The van der Waals surface area contributed by atoms with Crippen molar-refractivity contribution in [1.29, 1.82) is 0 Å². The van der Waals surface area contributed by atoms with E-state index >= 15 is 0 Å². The average molecular weight is 334 g/mol. The smallest absolute Gasteiger partial charge is 0.308 e. The van der Waals surface area contributed by atoms with E-state index in [-0.39, 0.29) is 6.10 Å². The Morgan fingerprint density at radius 3 is 2.38 bits per heavy atom. The van der Waals surface area contributed by atoms with Crippen molar-refractivity contribution in [2.24, 2.45) is 0 Å². The second-order valence-electron chi connectivity index (χ2n) is 4.78. The summed E-state index contributed by atoms with van der Waals surface area (Å²) in [4.78, 5) is 5.80. The molecule has 0 unspecified atom stereocenters. The first-order valence-corrected chi connectivity index (χ1v) is 9.03. The molecule has 0 N–H and O–H groups in total. The zero-order chi connectivity index (χ0) is 15.5. The van der Waals surface area contributed by atoms with Gasteiger partial charge in [-0.25, -0.2) is 0 Å². The van der Waals surface area contributed by atoms with Gasteiger partial charge in [-0.3, -0.25) is 9.40 Å². The molecule has 1 aliphatic rings. The first-order valence-electron chi connectivity index (χ1n) is 7.04. The van der Waals surface area contributed by atoms with Crippen LogP contribution < -0.4 is 0 Å². The third-order valence-corrected chi connectivity index (χ3v) is 6.12. The van der Waals surface area contributed by atoms with Crippen LogP contribution in [-0.4, -0.2) is 31.1 Å². The van der Waals surface area contributed by atoms with E-state index in [9.17, 15) is 4.57 Å². The van der Waals surface area contributed by atoms with E-state index in [1.807, 2.05) is 24.3 Å². The first-order chi connectivity index (χ1) is 10.00. The number of hydroxylamine groups is 2. The summed E-state index contributed by atoms with van der Waals surface area (Å²) in [5, 5.41) is 2.27. The summed E-state index contributed by atoms with van der Waals surface area (Å²) in [5.41, 5.74) is 0.994. The number of halogens is 1. The summed E-state index contributed by atoms with van der Waals surface area (Å²) < 4.78 is 23.7. The first kappa shape index (κ1) is 16.9. The van der Waals surface area contributed by atoms with Crippen molar-refractivity contribution < 1.29 is 18.5 Å². The molecule has 5 nitrogen and oxygen atoms in total. The summed E-state index contributed by atoms with van der Waals surface area (Å²) in [6.07, 6.45) is 0.376. The second kappa shape index (κ2) is 7.23. The number of nitrogens with zero attached hydrogens (tertiary/aromatic N) is 1. The van der Waals surface area contributed by atoms with Gasteiger partial charge in [-0.15, -0.1) is 0 Å². The lowest BCUT2D eigenvalue weighted by Gasteiger charge is -2.25. The molecule has 1 fully saturated rings. The van der Waals surface area contributed by atoms with E-state index in [1.165, 1.54) is 0 Å². The van der Waals surface area contributed by atoms with E-state index in [0.717, 1.165) is 5.56 Å². The molecule has 0 aromatic heterocycles. The molecular weight excluding hydrogens is 313 g/mol. The molecule has 2 atom stereocenters. The minimum Gasteiger partial charge on any atom is -0.308 e. The molecule has 0 amide bonds. The summed E-state index contributed by atoms with van der Waals surface area (Å²) in [7, 11) is -1.46. The van der Waals surface area contributed by atoms with Gasteiger partial charge in [-0.1, -0.05) is 23.7 Å². The molecule has 0 spiro atoms. The Morgan fingerprint density at radius 2 is 1.86 bits per heavy atom. The van der Waals surface area contributed by atoms with Gasteiger partial charge in [0, 0.05) is 18.5 Å². The maximum absolute atomic E-state index is 12.9. The lowest BCUT2D eigenvalue weighted by molar-refractivity contribution is -0.137. The molecule has 0 saturated carbocycles. The molecule has 1 saturated heterocycles. The van der Waals surface area contributed by atoms with Crippen LogP contribution in [0.25, 0.3) is 0 Å². The van der Waals surface area contributed by atoms with Crippen molar-refractivity contribution in [3.63, 3.8) is 0 Å². The molecule has 1 aromatic carbocycles. The van der Waals surface area contributed by atoms with E-state index in [4.69, 9.17) is 25.5 Å². The Hall–Kier alpha value is -0.420. The van der Waals surface area contributed by atoms with E-state index in [0.29, 0.717) is 24.7 Å². The molecular formula is C14H21ClNO4P. The highest BCUT2D eigenvalue weighted by atomic mass is 35.5. The van der Waals surface area contributed by atoms with Crippen molar-refractivity contribution in [3.8, 4) is 0 Å². The zero-order valence-corrected chi connectivity index (χ0v) is 14.1. The Kier molecular flexibility index (Phi) is 5.83. The van der Waals surface area contributed by atoms with Crippen LogP contribution in [0.2, 0.25) is 5.02 Å². The van der Waals surface area contributed by atoms with Gasteiger partial charge in [0.1, 0.15) is 11.9 Å². The molecule has 21 heavy (non-hydrogen) atoms. The highest BCUT2D eigenvalue weighted by Gasteiger charge is 2.46. The Bertz CT molecular complexity index is 500. The summed E-state index contributed by atoms with van der Waals surface area (Å²) in [6, 6.07) is 7.46. The Labute approximate surface area is 130 Å². The minimum atomic E-state index is -3.22. The van der Waals surface area contributed by atoms with Crippen LogP contribution >= 0.6 is 19.2 Å². The molecule has 1 aromatic rings. The summed E-state index contributed by atoms with van der Waals surface area (Å²) in [6.45, 7) is 4.29. The molecule has 0 radical (unpaired) electrons. The topological polar surface area (TPSA) is 48.0 Å². The number of hydrogen-bond donors (Lipinski definition) is 0. The average Bonchev–Trinajstić information content (AvgIpc) is 2.83. The molecule has 2 rings (SSSR count). The second-order valence-corrected chi connectivity index (χ2v) is 7.41. The van der Waals surface area contributed by atoms with E-state index < -0.39 is 13.4 Å². The zero-order valence-electron chi connectivity index (χ0n) is 12.5. The van der Waals surface area contributed by atoms with Crippen LogP contribution in [0.3, 0.4) is 0 Å². The minimum absolute atomic E-state index is 0.175. The fourth-order valence-electron chi connectivity index (χ4n) is 2.43. The third kappa shape index (κ3) is 3.86. The molecule has 0 bridgehead atoms. The molecule has 0 aliphatic carbocycles. The van der Waals surface area contributed by atoms with Crippen LogP contribution in [0, 0.1) is 0 Å². The molecule has 1 aliphatic heterocycles. The SMILES string of the molecule is CCOP(=O)(OCC)[C@H]1C[C@H](c2ccc(Cl)cc2)ON1C. The normalized spacial score (nSPS) is 23.6. The Morgan fingerprint density at radius 1 is 1.29 bits per heavy atom. The van der Waals surface area contributed by atoms with E-state index in [2.05, 4.69) is 0 Å². The predicted molar refractivity (Wildman–Crippen MR) is 82.3 cm³/mol. The van der Waals surface area contributed by atoms with Crippen LogP contribution in [0.5, 0.6) is 0 Å². The highest BCUT2D eigenvalue weighted by Crippen LogP contribution is 2.59. The summed E-state index contributed by atoms with van der Waals surface area (Å²) in [5.74, 6) is -0.405. The fourth-order valence-corrected chi connectivity index (χ4v) is 4.59. The predicted octanol–water partition coefficient (Wildman–Crippen LogP) is 4.24. The third-order valence-electron chi connectivity index (χ3n) is 3.36. The fraction of sp³-hybridized carbons (Fsp3) is 0.571. The van der Waals surface area contributed by atoms with Crippen LogP contribution in [0.15, 0.2) is 24.3 Å². The van der Waals surface area contributed by atoms with Gasteiger partial charge >= 0.3 is 7.60 Å².